The number of methoxy groups -OCH3 is 1. The first kappa shape index (κ1) is 20.1. The number of nitrogens with zero attached hydrogens (tertiary/aromatic N) is 2. The fourth-order valence-electron chi connectivity index (χ4n) is 2.67. The van der Waals surface area contributed by atoms with Gasteiger partial charge >= 0.3 is 12.1 Å². The molecule has 0 aliphatic heterocycles. The van der Waals surface area contributed by atoms with E-state index < -0.39 is 29.5 Å². The molecule has 1 aliphatic carbocycles. The molecule has 1 aromatic rings. The van der Waals surface area contributed by atoms with Crippen LogP contribution in [-0.2, 0) is 20.5 Å². The second-order valence-corrected chi connectivity index (χ2v) is 6.73. The Morgan fingerprint density at radius 1 is 1.42 bits per heavy atom. The third kappa shape index (κ3) is 4.90. The highest BCUT2D eigenvalue weighted by Gasteiger charge is 2.38. The number of hydrogen-bond donors (Lipinski definition) is 0. The smallest absolute Gasteiger partial charge is 0.417 e. The maximum atomic E-state index is 12.5. The van der Waals surface area contributed by atoms with E-state index in [1.54, 1.807) is 0 Å². The molecule has 2 atom stereocenters. The predicted octanol–water partition coefficient (Wildman–Crippen LogP) is 3.61. The lowest BCUT2D eigenvalue weighted by Gasteiger charge is -2.26. The van der Waals surface area contributed by atoms with Crippen molar-refractivity contribution in [2.75, 3.05) is 12.9 Å². The minimum atomic E-state index is -4.45. The van der Waals surface area contributed by atoms with Gasteiger partial charge in [0, 0.05) is 18.7 Å². The zero-order valence-corrected chi connectivity index (χ0v) is 14.5. The average molecular weight is 388 g/mol. The lowest BCUT2D eigenvalue weighted by molar-refractivity contribution is -0.146. The normalized spacial score (nSPS) is 20.5. The molecule has 10 heteroatoms. The van der Waals surface area contributed by atoms with Gasteiger partial charge in [0.05, 0.1) is 17.7 Å². The predicted molar refractivity (Wildman–Crippen MR) is 87.1 cm³/mol. The van der Waals surface area contributed by atoms with Crippen LogP contribution in [0.2, 0.25) is 0 Å². The molecule has 140 valence electrons. The Bertz CT molecular complexity index is 719. The Morgan fingerprint density at radius 2 is 2.15 bits per heavy atom. The van der Waals surface area contributed by atoms with Crippen molar-refractivity contribution >= 4 is 23.5 Å². The van der Waals surface area contributed by atoms with Gasteiger partial charge in [-0.1, -0.05) is 0 Å². The fraction of sp³-hybridized carbons (Fsp3) is 0.438. The third-order valence-corrected chi connectivity index (χ3v) is 4.90. The number of nitroso groups, excluding NO2 is 1. The molecule has 0 bridgehead atoms. The van der Waals surface area contributed by atoms with Gasteiger partial charge in [0.15, 0.2) is 5.78 Å². The van der Waals surface area contributed by atoms with Gasteiger partial charge in [-0.3, -0.25) is 9.59 Å². The highest BCUT2D eigenvalue weighted by molar-refractivity contribution is 7.99. The van der Waals surface area contributed by atoms with Crippen molar-refractivity contribution < 1.29 is 27.5 Å². The molecule has 2 rings (SSSR count). The molecule has 0 amide bonds. The Balaban J connectivity index is 2.01. The molecule has 6 nitrogen and oxygen atoms in total. The summed E-state index contributed by atoms with van der Waals surface area (Å²) in [6.07, 6.45) is -2.21. The van der Waals surface area contributed by atoms with Crippen LogP contribution in [0.4, 0.5) is 13.2 Å². The van der Waals surface area contributed by atoms with Gasteiger partial charge in [0.25, 0.3) is 0 Å². The van der Waals surface area contributed by atoms with Crippen molar-refractivity contribution in [1.29, 1.82) is 0 Å². The van der Waals surface area contributed by atoms with E-state index >= 15 is 0 Å². The number of hydrogen-bond acceptors (Lipinski definition) is 7. The van der Waals surface area contributed by atoms with Gasteiger partial charge < -0.3 is 4.74 Å². The average Bonchev–Trinajstić information content (AvgIpc) is 2.60. The summed E-state index contributed by atoms with van der Waals surface area (Å²) in [5, 5.41) is 3.15. The molecule has 1 aliphatic rings. The summed E-state index contributed by atoms with van der Waals surface area (Å²) in [5.41, 5.74) is -0.993. The van der Waals surface area contributed by atoms with Crippen molar-refractivity contribution in [3.05, 3.63) is 40.6 Å². The minimum Gasteiger partial charge on any atom is -0.468 e. The van der Waals surface area contributed by atoms with Gasteiger partial charge in [-0.15, -0.1) is 16.7 Å². The summed E-state index contributed by atoms with van der Waals surface area (Å²) in [6.45, 7) is 0. The Hall–Kier alpha value is -2.23. The fourth-order valence-corrected chi connectivity index (χ4v) is 3.59. The van der Waals surface area contributed by atoms with Gasteiger partial charge in [-0.2, -0.15) is 13.2 Å². The number of esters is 1. The summed E-state index contributed by atoms with van der Waals surface area (Å²) in [4.78, 5) is 38.3. The van der Waals surface area contributed by atoms with Crippen molar-refractivity contribution in [2.24, 2.45) is 17.0 Å². The first-order chi connectivity index (χ1) is 12.3. The highest BCUT2D eigenvalue weighted by atomic mass is 32.2. The number of alkyl halides is 3. The molecule has 26 heavy (non-hydrogen) atoms. The zero-order chi connectivity index (χ0) is 19.3. The Kier molecular flexibility index (Phi) is 6.52. The molecule has 0 N–H and O–H groups in total. The van der Waals surface area contributed by atoms with Crippen molar-refractivity contribution in [3.63, 3.8) is 0 Å². The SMILES string of the molecule is COC(=O)C1C(N=O)=CC(=O)CC1CCSc1ccc(C(F)(F)F)cn1. The van der Waals surface area contributed by atoms with E-state index in [9.17, 15) is 27.7 Å². The number of carbonyl (C=O) groups excluding carboxylic acids is 2. The van der Waals surface area contributed by atoms with Crippen LogP contribution >= 0.6 is 11.8 Å². The number of rotatable bonds is 6. The summed E-state index contributed by atoms with van der Waals surface area (Å²) in [5.74, 6) is -1.94. The van der Waals surface area contributed by atoms with E-state index in [1.165, 1.54) is 24.9 Å². The van der Waals surface area contributed by atoms with Crippen LogP contribution in [0, 0.1) is 16.7 Å². The largest absolute Gasteiger partial charge is 0.468 e. The monoisotopic (exact) mass is 388 g/mol. The number of thioether (sulfide) groups is 1. The van der Waals surface area contributed by atoms with Crippen LogP contribution in [0.5, 0.6) is 0 Å². The van der Waals surface area contributed by atoms with E-state index in [0.717, 1.165) is 18.3 Å². The van der Waals surface area contributed by atoms with Crippen LogP contribution in [-0.4, -0.2) is 29.6 Å². The maximum Gasteiger partial charge on any atom is 0.417 e. The standard InChI is InChI=1S/C16H15F3N2O4S/c1-25-15(23)14-9(6-11(22)7-12(14)21-24)4-5-26-13-3-2-10(8-20-13)16(17,18)19/h2-3,7-9,14H,4-6H2,1H3. The van der Waals surface area contributed by atoms with E-state index in [-0.39, 0.29) is 17.9 Å². The Labute approximate surface area is 151 Å². The topological polar surface area (TPSA) is 85.7 Å². The van der Waals surface area contributed by atoms with E-state index in [0.29, 0.717) is 17.2 Å². The minimum absolute atomic E-state index is 0.0692. The molecule has 1 aromatic heterocycles. The second-order valence-electron chi connectivity index (χ2n) is 5.61. The third-order valence-electron chi connectivity index (χ3n) is 3.93. The Morgan fingerprint density at radius 3 is 2.69 bits per heavy atom. The van der Waals surface area contributed by atoms with Crippen molar-refractivity contribution in [2.45, 2.75) is 24.0 Å². The van der Waals surface area contributed by atoms with Crippen molar-refractivity contribution in [3.8, 4) is 0 Å². The van der Waals surface area contributed by atoms with Gasteiger partial charge in [-0.05, 0) is 35.4 Å². The lowest BCUT2D eigenvalue weighted by atomic mass is 9.79. The first-order valence-corrected chi connectivity index (χ1v) is 8.56. The molecule has 0 saturated carbocycles. The molecule has 0 radical (unpaired) electrons. The number of aromatic nitrogens is 1. The number of pyridine rings is 1. The molecule has 0 fully saturated rings. The van der Waals surface area contributed by atoms with E-state index in [1.807, 2.05) is 0 Å². The maximum absolute atomic E-state index is 12.5. The van der Waals surface area contributed by atoms with Gasteiger partial charge in [0.1, 0.15) is 11.6 Å². The van der Waals surface area contributed by atoms with Crippen LogP contribution < -0.4 is 0 Å². The lowest BCUT2D eigenvalue weighted by Crippen LogP contribution is -2.32. The summed E-state index contributed by atoms with van der Waals surface area (Å²) < 4.78 is 42.2. The number of allylic oxidation sites excluding steroid dienone is 1. The molecule has 0 spiro atoms. The molecule has 1 heterocycles. The van der Waals surface area contributed by atoms with Gasteiger partial charge in [0.2, 0.25) is 0 Å². The molecule has 2 unspecified atom stereocenters. The first-order valence-electron chi connectivity index (χ1n) is 7.58. The van der Waals surface area contributed by atoms with Crippen LogP contribution in [0.25, 0.3) is 0 Å². The number of carbonyl (C=O) groups is 2. The van der Waals surface area contributed by atoms with Gasteiger partial charge in [-0.25, -0.2) is 4.98 Å². The molecule has 0 saturated heterocycles. The molecule has 0 aromatic carbocycles. The second kappa shape index (κ2) is 8.43. The van der Waals surface area contributed by atoms with E-state index in [2.05, 4.69) is 14.9 Å². The number of halogens is 3. The molecular weight excluding hydrogens is 373 g/mol. The number of ether oxygens (including phenoxy) is 1. The van der Waals surface area contributed by atoms with Crippen LogP contribution in [0.3, 0.4) is 0 Å². The highest BCUT2D eigenvalue weighted by Crippen LogP contribution is 2.35. The van der Waals surface area contributed by atoms with Crippen molar-refractivity contribution in [1.82, 2.24) is 4.98 Å². The van der Waals surface area contributed by atoms with Crippen LogP contribution in [0.1, 0.15) is 18.4 Å². The number of ketones is 1. The summed E-state index contributed by atoms with van der Waals surface area (Å²) >= 11 is 1.19. The van der Waals surface area contributed by atoms with E-state index in [4.69, 9.17) is 0 Å². The summed E-state index contributed by atoms with van der Waals surface area (Å²) in [7, 11) is 1.18. The van der Waals surface area contributed by atoms with Crippen LogP contribution in [0.15, 0.2) is 40.3 Å². The molecular formula is C16H15F3N2O4S. The zero-order valence-electron chi connectivity index (χ0n) is 13.7. The summed E-state index contributed by atoms with van der Waals surface area (Å²) in [6, 6.07) is 2.20. The quantitative estimate of drug-likeness (QED) is 0.420.